The van der Waals surface area contributed by atoms with Crippen LogP contribution >= 0.6 is 11.6 Å². The zero-order chi connectivity index (χ0) is 17.3. The van der Waals surface area contributed by atoms with E-state index in [1.54, 1.807) is 0 Å². The number of carbonyl (C=O) groups excluding carboxylic acids is 1. The maximum atomic E-state index is 11.0. The molecule has 0 fully saturated rings. The standard InChI is InChI=1S/C16H27ClN2O4/c1-12(2)19-10-13(20)11-23-14-4-6-16(17,7-5-14)8-9-22-15(21)18-3/h4-7,12-14,19-20H,8-11H2,1-3H3,(H,18,21). The lowest BCUT2D eigenvalue weighted by Crippen LogP contribution is -2.35. The number of nitrogens with one attached hydrogen (secondary N) is 2. The molecule has 23 heavy (non-hydrogen) atoms. The Hall–Kier alpha value is -1.08. The van der Waals surface area contributed by atoms with Crippen LogP contribution in [0.2, 0.25) is 0 Å². The smallest absolute Gasteiger partial charge is 0.406 e. The van der Waals surface area contributed by atoms with Crippen LogP contribution in [-0.4, -0.2) is 61.1 Å². The molecular weight excluding hydrogens is 320 g/mol. The molecule has 1 aliphatic carbocycles. The van der Waals surface area contributed by atoms with E-state index in [4.69, 9.17) is 21.1 Å². The van der Waals surface area contributed by atoms with E-state index in [0.717, 1.165) is 0 Å². The molecule has 3 N–H and O–H groups in total. The molecule has 0 heterocycles. The van der Waals surface area contributed by atoms with E-state index in [0.29, 0.717) is 19.0 Å². The number of allylic oxidation sites excluding steroid dienone is 2. The van der Waals surface area contributed by atoms with Gasteiger partial charge in [-0.25, -0.2) is 4.79 Å². The maximum absolute atomic E-state index is 11.0. The number of halogens is 1. The number of rotatable bonds is 9. The first kappa shape index (κ1) is 20.0. The number of aliphatic hydroxyl groups excluding tert-OH is 1. The minimum Gasteiger partial charge on any atom is -0.449 e. The van der Waals surface area contributed by atoms with Gasteiger partial charge in [0.1, 0.15) is 0 Å². The molecule has 132 valence electrons. The van der Waals surface area contributed by atoms with Gasteiger partial charge in [-0.3, -0.25) is 0 Å². The third-order valence-corrected chi connectivity index (χ3v) is 3.73. The Morgan fingerprint density at radius 1 is 1.39 bits per heavy atom. The molecule has 0 bridgehead atoms. The lowest BCUT2D eigenvalue weighted by Gasteiger charge is -2.25. The van der Waals surface area contributed by atoms with E-state index < -0.39 is 17.1 Å². The second-order valence-electron chi connectivity index (χ2n) is 5.80. The Kier molecular flexibility index (Phi) is 8.62. The Balaban J connectivity index is 2.28. The van der Waals surface area contributed by atoms with Crippen molar-refractivity contribution in [2.24, 2.45) is 0 Å². The number of hydrogen-bond acceptors (Lipinski definition) is 5. The molecule has 7 heteroatoms. The summed E-state index contributed by atoms with van der Waals surface area (Å²) in [6.07, 6.45) is 6.57. The fourth-order valence-corrected chi connectivity index (χ4v) is 2.15. The van der Waals surface area contributed by atoms with Crippen molar-refractivity contribution in [3.05, 3.63) is 24.3 Å². The van der Waals surface area contributed by atoms with Crippen LogP contribution < -0.4 is 10.6 Å². The van der Waals surface area contributed by atoms with Crippen LogP contribution in [0.5, 0.6) is 0 Å². The SMILES string of the molecule is CNC(=O)OCCC1(Cl)C=CC(OCC(O)CNC(C)C)C=C1. The maximum Gasteiger partial charge on any atom is 0.406 e. The summed E-state index contributed by atoms with van der Waals surface area (Å²) in [5.41, 5.74) is 0. The van der Waals surface area contributed by atoms with E-state index in [1.807, 2.05) is 38.2 Å². The molecule has 0 radical (unpaired) electrons. The van der Waals surface area contributed by atoms with E-state index in [1.165, 1.54) is 7.05 Å². The fourth-order valence-electron chi connectivity index (χ4n) is 1.93. The molecule has 0 saturated heterocycles. The van der Waals surface area contributed by atoms with Crippen molar-refractivity contribution in [2.75, 3.05) is 26.8 Å². The van der Waals surface area contributed by atoms with Gasteiger partial charge in [-0.1, -0.05) is 38.2 Å². The van der Waals surface area contributed by atoms with Crippen LogP contribution in [0.4, 0.5) is 4.79 Å². The summed E-state index contributed by atoms with van der Waals surface area (Å²) >= 11 is 6.41. The summed E-state index contributed by atoms with van der Waals surface area (Å²) in [5, 5.41) is 15.3. The Bertz CT molecular complexity index is 412. The first-order valence-electron chi connectivity index (χ1n) is 7.80. The van der Waals surface area contributed by atoms with E-state index >= 15 is 0 Å². The second kappa shape index (κ2) is 9.93. The second-order valence-corrected chi connectivity index (χ2v) is 6.50. The van der Waals surface area contributed by atoms with Gasteiger partial charge in [-0.05, 0) is 0 Å². The fraction of sp³-hybridized carbons (Fsp3) is 0.688. The number of alkyl halides is 1. The first-order valence-corrected chi connectivity index (χ1v) is 8.17. The van der Waals surface area contributed by atoms with Gasteiger partial charge < -0.3 is 25.2 Å². The van der Waals surface area contributed by atoms with Crippen molar-refractivity contribution in [1.29, 1.82) is 0 Å². The minimum absolute atomic E-state index is 0.213. The molecule has 0 aromatic carbocycles. The number of aliphatic hydroxyl groups is 1. The van der Waals surface area contributed by atoms with Crippen LogP contribution in [-0.2, 0) is 9.47 Å². The Labute approximate surface area is 142 Å². The predicted molar refractivity (Wildman–Crippen MR) is 90.8 cm³/mol. The van der Waals surface area contributed by atoms with Crippen molar-refractivity contribution in [2.45, 2.75) is 43.4 Å². The van der Waals surface area contributed by atoms with Crippen LogP contribution in [0.15, 0.2) is 24.3 Å². The highest BCUT2D eigenvalue weighted by atomic mass is 35.5. The van der Waals surface area contributed by atoms with Crippen molar-refractivity contribution >= 4 is 17.7 Å². The monoisotopic (exact) mass is 346 g/mol. The van der Waals surface area contributed by atoms with Gasteiger partial charge in [0.15, 0.2) is 0 Å². The lowest BCUT2D eigenvalue weighted by molar-refractivity contribution is 0.0248. The zero-order valence-electron chi connectivity index (χ0n) is 13.9. The molecule has 0 saturated carbocycles. The number of carbonyl (C=O) groups is 1. The van der Waals surface area contributed by atoms with Crippen LogP contribution in [0, 0.1) is 0 Å². The first-order chi connectivity index (χ1) is 10.8. The van der Waals surface area contributed by atoms with Crippen LogP contribution in [0.25, 0.3) is 0 Å². The third kappa shape index (κ3) is 8.37. The lowest BCUT2D eigenvalue weighted by atomic mass is 9.98. The van der Waals surface area contributed by atoms with Crippen molar-refractivity contribution in [3.8, 4) is 0 Å². The largest absolute Gasteiger partial charge is 0.449 e. The van der Waals surface area contributed by atoms with Gasteiger partial charge in [0.25, 0.3) is 0 Å². The van der Waals surface area contributed by atoms with Gasteiger partial charge in [0, 0.05) is 26.1 Å². The third-order valence-electron chi connectivity index (χ3n) is 3.29. The molecule has 1 atom stereocenters. The van der Waals surface area contributed by atoms with E-state index in [9.17, 15) is 9.90 Å². The molecule has 0 spiro atoms. The summed E-state index contributed by atoms with van der Waals surface area (Å²) in [7, 11) is 1.51. The summed E-state index contributed by atoms with van der Waals surface area (Å²) in [5.74, 6) is 0. The Morgan fingerprint density at radius 2 is 2.04 bits per heavy atom. The van der Waals surface area contributed by atoms with Gasteiger partial charge in [0.05, 0.1) is 30.3 Å². The highest BCUT2D eigenvalue weighted by Crippen LogP contribution is 2.28. The summed E-state index contributed by atoms with van der Waals surface area (Å²) in [6.45, 7) is 5.01. The highest BCUT2D eigenvalue weighted by molar-refractivity contribution is 6.26. The molecule has 0 aromatic heterocycles. The number of ether oxygens (including phenoxy) is 2. The molecule has 1 rings (SSSR count). The summed E-state index contributed by atoms with van der Waals surface area (Å²) in [6, 6.07) is 0.327. The van der Waals surface area contributed by atoms with Crippen LogP contribution in [0.1, 0.15) is 20.3 Å². The Morgan fingerprint density at radius 3 is 2.61 bits per heavy atom. The van der Waals surface area contributed by atoms with Gasteiger partial charge in [-0.2, -0.15) is 0 Å². The summed E-state index contributed by atoms with van der Waals surface area (Å²) in [4.78, 5) is 10.3. The van der Waals surface area contributed by atoms with Gasteiger partial charge >= 0.3 is 6.09 Å². The van der Waals surface area contributed by atoms with Crippen molar-refractivity contribution in [1.82, 2.24) is 10.6 Å². The molecular formula is C16H27ClN2O4. The molecule has 1 aliphatic rings. The average Bonchev–Trinajstić information content (AvgIpc) is 2.52. The minimum atomic E-state index is -0.675. The number of amides is 1. The highest BCUT2D eigenvalue weighted by Gasteiger charge is 2.25. The molecule has 1 amide bonds. The average molecular weight is 347 g/mol. The van der Waals surface area contributed by atoms with E-state index in [2.05, 4.69) is 10.6 Å². The normalized spacial score (nSPS) is 24.7. The molecule has 0 aliphatic heterocycles. The zero-order valence-corrected chi connectivity index (χ0v) is 14.7. The van der Waals surface area contributed by atoms with Gasteiger partial charge in [0.2, 0.25) is 0 Å². The molecule has 1 unspecified atom stereocenters. The van der Waals surface area contributed by atoms with Gasteiger partial charge in [-0.15, -0.1) is 11.6 Å². The van der Waals surface area contributed by atoms with E-state index in [-0.39, 0.29) is 19.3 Å². The topological polar surface area (TPSA) is 79.8 Å². The quantitative estimate of drug-likeness (QED) is 0.436. The van der Waals surface area contributed by atoms with Crippen molar-refractivity contribution < 1.29 is 19.4 Å². The predicted octanol–water partition coefficient (Wildman–Crippen LogP) is 1.58. The summed E-state index contributed by atoms with van der Waals surface area (Å²) < 4.78 is 10.6. The van der Waals surface area contributed by atoms with Crippen molar-refractivity contribution in [3.63, 3.8) is 0 Å². The van der Waals surface area contributed by atoms with Crippen LogP contribution in [0.3, 0.4) is 0 Å². The molecule has 0 aromatic rings. The molecule has 6 nitrogen and oxygen atoms in total. The number of hydrogen-bond donors (Lipinski definition) is 3. The number of alkyl carbamates (subject to hydrolysis) is 1.